The lowest BCUT2D eigenvalue weighted by Crippen LogP contribution is -2.43. The smallest absolute Gasteiger partial charge is 0.338 e. The van der Waals surface area contributed by atoms with Crippen molar-refractivity contribution in [3.8, 4) is 11.5 Å². The van der Waals surface area contributed by atoms with Crippen molar-refractivity contribution in [2.24, 2.45) is 0 Å². The summed E-state index contributed by atoms with van der Waals surface area (Å²) in [4.78, 5) is 39.4. The summed E-state index contributed by atoms with van der Waals surface area (Å²) in [5, 5.41) is 2.86. The molecule has 8 heteroatoms. The largest absolute Gasteiger partial charge is 0.497 e. The molecule has 2 aliphatic rings. The van der Waals surface area contributed by atoms with Gasteiger partial charge >= 0.3 is 5.97 Å². The highest BCUT2D eigenvalue weighted by atomic mass is 16.5. The number of hydrogen-bond acceptors (Lipinski definition) is 7. The Morgan fingerprint density at radius 3 is 2.73 bits per heavy atom. The number of methoxy groups -OCH3 is 2. The number of Topliss-reactive ketones (excluding diaryl/α,β-unsaturated/α-hetero) is 1. The van der Waals surface area contributed by atoms with Gasteiger partial charge in [-0.05, 0) is 49.2 Å². The number of esters is 1. The van der Waals surface area contributed by atoms with Gasteiger partial charge in [0.1, 0.15) is 17.5 Å². The zero-order valence-corrected chi connectivity index (χ0v) is 16.8. The molecule has 0 aromatic heterocycles. The van der Waals surface area contributed by atoms with Gasteiger partial charge in [0.25, 0.3) is 0 Å². The lowest BCUT2D eigenvalue weighted by Gasteiger charge is -2.33. The summed E-state index contributed by atoms with van der Waals surface area (Å²) < 4.78 is 15.5. The van der Waals surface area contributed by atoms with Gasteiger partial charge in [-0.3, -0.25) is 9.59 Å². The number of rotatable bonds is 6. The number of amides is 1. The first-order valence-corrected chi connectivity index (χ1v) is 9.65. The van der Waals surface area contributed by atoms with Crippen molar-refractivity contribution < 1.29 is 28.6 Å². The molecule has 30 heavy (non-hydrogen) atoms. The Hall–Kier alpha value is -3.55. The predicted molar refractivity (Wildman–Crippen MR) is 110 cm³/mol. The molecule has 0 radical (unpaired) electrons. The summed E-state index contributed by atoms with van der Waals surface area (Å²) in [5.74, 6) is -0.258. The van der Waals surface area contributed by atoms with E-state index in [2.05, 4.69) is 10.2 Å². The highest BCUT2D eigenvalue weighted by molar-refractivity contribution is 6.06. The molecule has 2 heterocycles. The average Bonchev–Trinajstić information content (AvgIpc) is 3.27. The number of fused-ring (bicyclic) bond motifs is 3. The molecule has 1 amide bonds. The fourth-order valence-electron chi connectivity index (χ4n) is 3.88. The standard InChI is InChI=1S/C22H22N2O6/c1-28-14-6-8-20(29-2)15(11-14)19(25)12-30-22(27)13-5-7-17-16(10-13)23-21(26)18-4-3-9-24(17)18/h5-8,10-11,18H,3-4,9,12H2,1-2H3,(H,23,26)/t18-/m0/s1. The Morgan fingerprint density at radius 2 is 1.97 bits per heavy atom. The van der Waals surface area contributed by atoms with Crippen molar-refractivity contribution in [3.63, 3.8) is 0 Å². The van der Waals surface area contributed by atoms with Crippen LogP contribution in [0.3, 0.4) is 0 Å². The fourth-order valence-corrected chi connectivity index (χ4v) is 3.88. The van der Waals surface area contributed by atoms with E-state index in [1.54, 1.807) is 30.3 Å². The summed E-state index contributed by atoms with van der Waals surface area (Å²) in [6.07, 6.45) is 1.78. The molecule has 0 saturated carbocycles. The minimum Gasteiger partial charge on any atom is -0.497 e. The molecular formula is C22H22N2O6. The molecule has 8 nitrogen and oxygen atoms in total. The zero-order chi connectivity index (χ0) is 21.3. The lowest BCUT2D eigenvalue weighted by molar-refractivity contribution is -0.117. The van der Waals surface area contributed by atoms with Gasteiger partial charge in [-0.25, -0.2) is 4.79 Å². The molecular weight excluding hydrogens is 388 g/mol. The van der Waals surface area contributed by atoms with Crippen molar-refractivity contribution in [2.75, 3.05) is 37.6 Å². The normalized spacial score (nSPS) is 16.9. The van der Waals surface area contributed by atoms with Gasteiger partial charge < -0.3 is 24.4 Å². The summed E-state index contributed by atoms with van der Waals surface area (Å²) in [7, 11) is 2.95. The van der Waals surface area contributed by atoms with Crippen molar-refractivity contribution in [3.05, 3.63) is 47.5 Å². The van der Waals surface area contributed by atoms with Crippen LogP contribution in [0.5, 0.6) is 11.5 Å². The number of carbonyl (C=O) groups is 3. The number of nitrogens with one attached hydrogen (secondary N) is 1. The van der Waals surface area contributed by atoms with Crippen LogP contribution in [-0.2, 0) is 9.53 Å². The van der Waals surface area contributed by atoms with Crippen LogP contribution in [0.2, 0.25) is 0 Å². The van der Waals surface area contributed by atoms with Crippen LogP contribution in [0.1, 0.15) is 33.6 Å². The summed E-state index contributed by atoms with van der Waals surface area (Å²) >= 11 is 0. The van der Waals surface area contributed by atoms with Crippen LogP contribution >= 0.6 is 0 Å². The minimum absolute atomic E-state index is 0.0641. The van der Waals surface area contributed by atoms with Crippen LogP contribution < -0.4 is 19.7 Å². The molecule has 156 valence electrons. The summed E-state index contributed by atoms with van der Waals surface area (Å²) in [5.41, 5.74) is 2.00. The molecule has 2 aromatic rings. The topological polar surface area (TPSA) is 94.2 Å². The number of ether oxygens (including phenoxy) is 3. The SMILES string of the molecule is COc1ccc(OC)c(C(=O)COC(=O)c2ccc3c(c2)NC(=O)[C@@H]2CCCN32)c1. The third-order valence-corrected chi connectivity index (χ3v) is 5.40. The Bertz CT molecular complexity index is 1020. The van der Waals surface area contributed by atoms with Crippen LogP contribution in [0.15, 0.2) is 36.4 Å². The third-order valence-electron chi connectivity index (χ3n) is 5.40. The maximum Gasteiger partial charge on any atom is 0.338 e. The fraction of sp³-hybridized carbons (Fsp3) is 0.318. The van der Waals surface area contributed by atoms with E-state index in [0.717, 1.165) is 25.1 Å². The van der Waals surface area contributed by atoms with Gasteiger partial charge in [0, 0.05) is 6.54 Å². The first-order valence-electron chi connectivity index (χ1n) is 9.65. The first kappa shape index (κ1) is 19.8. The molecule has 0 bridgehead atoms. The van der Waals surface area contributed by atoms with Crippen LogP contribution in [0, 0.1) is 0 Å². The van der Waals surface area contributed by atoms with E-state index in [1.165, 1.54) is 20.3 Å². The molecule has 1 N–H and O–H groups in total. The number of ketones is 1. The number of nitrogens with zero attached hydrogens (tertiary/aromatic N) is 1. The quantitative estimate of drug-likeness (QED) is 0.578. The Balaban J connectivity index is 1.47. The van der Waals surface area contributed by atoms with Gasteiger partial charge in [-0.1, -0.05) is 0 Å². The molecule has 4 rings (SSSR count). The number of hydrogen-bond donors (Lipinski definition) is 1. The zero-order valence-electron chi connectivity index (χ0n) is 16.8. The van der Waals surface area contributed by atoms with Crippen molar-refractivity contribution in [1.82, 2.24) is 0 Å². The first-order chi connectivity index (χ1) is 14.5. The van der Waals surface area contributed by atoms with Crippen LogP contribution in [-0.4, -0.2) is 51.1 Å². The third kappa shape index (κ3) is 3.56. The lowest BCUT2D eigenvalue weighted by atomic mass is 10.1. The maximum atomic E-state index is 12.6. The molecule has 0 unspecified atom stereocenters. The minimum atomic E-state index is -0.647. The molecule has 0 spiro atoms. The van der Waals surface area contributed by atoms with Crippen molar-refractivity contribution in [2.45, 2.75) is 18.9 Å². The molecule has 1 fully saturated rings. The van der Waals surface area contributed by atoms with Gasteiger partial charge in [0.15, 0.2) is 6.61 Å². The van der Waals surface area contributed by atoms with Gasteiger partial charge in [0.2, 0.25) is 11.7 Å². The van der Waals surface area contributed by atoms with E-state index in [4.69, 9.17) is 14.2 Å². The highest BCUT2D eigenvalue weighted by Crippen LogP contribution is 2.37. The maximum absolute atomic E-state index is 12.6. The molecule has 1 saturated heterocycles. The highest BCUT2D eigenvalue weighted by Gasteiger charge is 2.36. The van der Waals surface area contributed by atoms with Gasteiger partial charge in [-0.15, -0.1) is 0 Å². The van der Waals surface area contributed by atoms with E-state index in [-0.39, 0.29) is 23.1 Å². The second-order valence-electron chi connectivity index (χ2n) is 7.14. The van der Waals surface area contributed by atoms with E-state index < -0.39 is 18.4 Å². The number of benzene rings is 2. The molecule has 0 aliphatic carbocycles. The molecule has 1 atom stereocenters. The second-order valence-corrected chi connectivity index (χ2v) is 7.14. The number of anilines is 2. The van der Waals surface area contributed by atoms with Crippen LogP contribution in [0.4, 0.5) is 11.4 Å². The molecule has 2 aromatic carbocycles. The van der Waals surface area contributed by atoms with Crippen molar-refractivity contribution >= 4 is 29.0 Å². The van der Waals surface area contributed by atoms with E-state index >= 15 is 0 Å². The van der Waals surface area contributed by atoms with Gasteiger partial charge in [-0.2, -0.15) is 0 Å². The van der Waals surface area contributed by atoms with E-state index in [0.29, 0.717) is 17.2 Å². The Morgan fingerprint density at radius 1 is 1.13 bits per heavy atom. The van der Waals surface area contributed by atoms with E-state index in [9.17, 15) is 14.4 Å². The monoisotopic (exact) mass is 410 g/mol. The van der Waals surface area contributed by atoms with Crippen molar-refractivity contribution in [1.29, 1.82) is 0 Å². The Kier molecular flexibility index (Phi) is 5.31. The van der Waals surface area contributed by atoms with Crippen LogP contribution in [0.25, 0.3) is 0 Å². The van der Waals surface area contributed by atoms with E-state index in [1.807, 2.05) is 0 Å². The van der Waals surface area contributed by atoms with Gasteiger partial charge in [0.05, 0.1) is 36.7 Å². The number of carbonyl (C=O) groups excluding carboxylic acids is 3. The molecule has 2 aliphatic heterocycles. The summed E-state index contributed by atoms with van der Waals surface area (Å²) in [6, 6.07) is 9.71. The Labute approximate surface area is 173 Å². The predicted octanol–water partition coefficient (Wildman–Crippen LogP) is 2.66. The summed E-state index contributed by atoms with van der Waals surface area (Å²) in [6.45, 7) is 0.367. The second kappa shape index (κ2) is 8.06. The average molecular weight is 410 g/mol.